The van der Waals surface area contributed by atoms with Crippen LogP contribution in [0.25, 0.3) is 5.69 Å². The third-order valence-electron chi connectivity index (χ3n) is 3.37. The molecule has 1 fully saturated rings. The van der Waals surface area contributed by atoms with Gasteiger partial charge in [0.05, 0.1) is 11.4 Å². The van der Waals surface area contributed by atoms with Crippen molar-refractivity contribution < 1.29 is 4.21 Å². The minimum absolute atomic E-state index is 0.327. The van der Waals surface area contributed by atoms with Crippen LogP contribution in [-0.2, 0) is 10.8 Å². The molecule has 1 aromatic carbocycles. The average Bonchev–Trinajstić information content (AvgIpc) is 2.95. The van der Waals surface area contributed by atoms with Crippen molar-refractivity contribution in [3.8, 4) is 5.69 Å². The number of anilines is 1. The lowest BCUT2D eigenvalue weighted by atomic mass is 10.1. The molecule has 0 unspecified atom stereocenters. The predicted molar refractivity (Wildman–Crippen MR) is 80.9 cm³/mol. The molecule has 0 atom stereocenters. The first-order valence-electron chi connectivity index (χ1n) is 6.48. The molecule has 1 aromatic heterocycles. The number of halogens is 1. The molecule has 0 saturated carbocycles. The zero-order valence-corrected chi connectivity index (χ0v) is 12.4. The van der Waals surface area contributed by atoms with E-state index in [4.69, 9.17) is 11.6 Å². The average molecular weight is 311 g/mol. The van der Waals surface area contributed by atoms with Gasteiger partial charge in [0.25, 0.3) is 0 Å². The van der Waals surface area contributed by atoms with Crippen LogP contribution in [0.15, 0.2) is 30.9 Å². The first-order valence-corrected chi connectivity index (χ1v) is 8.35. The van der Waals surface area contributed by atoms with Gasteiger partial charge in [-0.15, -0.1) is 0 Å². The van der Waals surface area contributed by atoms with Crippen LogP contribution in [0.1, 0.15) is 12.8 Å². The molecule has 1 saturated heterocycles. The van der Waals surface area contributed by atoms with Crippen LogP contribution < -0.4 is 5.32 Å². The molecule has 106 valence electrons. The fraction of sp³-hybridized carbons (Fsp3) is 0.385. The van der Waals surface area contributed by atoms with Gasteiger partial charge in [0.15, 0.2) is 0 Å². The molecule has 7 heteroatoms. The molecule has 2 heterocycles. The fourth-order valence-electron chi connectivity index (χ4n) is 2.31. The van der Waals surface area contributed by atoms with Gasteiger partial charge in [0.1, 0.15) is 12.7 Å². The third-order valence-corrected chi connectivity index (χ3v) is 4.99. The van der Waals surface area contributed by atoms with Crippen molar-refractivity contribution in [2.24, 2.45) is 0 Å². The minimum Gasteiger partial charge on any atom is -0.380 e. The van der Waals surface area contributed by atoms with Crippen molar-refractivity contribution in [2.45, 2.75) is 18.9 Å². The molecule has 3 rings (SSSR count). The van der Waals surface area contributed by atoms with Crippen LogP contribution in [0.2, 0.25) is 5.02 Å². The Morgan fingerprint density at radius 3 is 2.85 bits per heavy atom. The molecule has 2 aromatic rings. The minimum atomic E-state index is -0.652. The van der Waals surface area contributed by atoms with Crippen LogP contribution in [0.4, 0.5) is 5.69 Å². The predicted octanol–water partition coefficient (Wildman–Crippen LogP) is 2.24. The van der Waals surface area contributed by atoms with Gasteiger partial charge in [-0.3, -0.25) is 4.21 Å². The number of benzene rings is 1. The van der Waals surface area contributed by atoms with E-state index in [2.05, 4.69) is 15.4 Å². The van der Waals surface area contributed by atoms with Crippen LogP contribution in [0, 0.1) is 0 Å². The second kappa shape index (κ2) is 5.93. The van der Waals surface area contributed by atoms with Crippen molar-refractivity contribution in [3.63, 3.8) is 0 Å². The maximum atomic E-state index is 11.4. The molecule has 0 bridgehead atoms. The smallest absolute Gasteiger partial charge is 0.138 e. The van der Waals surface area contributed by atoms with E-state index in [0.717, 1.165) is 35.7 Å². The number of hydrogen-bond acceptors (Lipinski definition) is 4. The van der Waals surface area contributed by atoms with E-state index < -0.39 is 10.8 Å². The van der Waals surface area contributed by atoms with E-state index >= 15 is 0 Å². The first-order chi connectivity index (χ1) is 9.72. The number of rotatable bonds is 3. The molecule has 1 N–H and O–H groups in total. The molecule has 0 spiro atoms. The summed E-state index contributed by atoms with van der Waals surface area (Å²) >= 11 is 6.09. The summed E-state index contributed by atoms with van der Waals surface area (Å²) in [5.41, 5.74) is 1.85. The monoisotopic (exact) mass is 310 g/mol. The third kappa shape index (κ3) is 3.02. The van der Waals surface area contributed by atoms with Gasteiger partial charge in [-0.2, -0.15) is 5.10 Å². The highest BCUT2D eigenvalue weighted by atomic mass is 35.5. The Kier molecular flexibility index (Phi) is 4.03. The second-order valence-corrected chi connectivity index (χ2v) is 6.90. The summed E-state index contributed by atoms with van der Waals surface area (Å²) in [4.78, 5) is 3.97. The fourth-order valence-corrected chi connectivity index (χ4v) is 3.79. The Labute approximate surface area is 124 Å². The highest BCUT2D eigenvalue weighted by Gasteiger charge is 2.19. The first kappa shape index (κ1) is 13.6. The molecule has 1 aliphatic rings. The normalized spacial score (nSPS) is 22.6. The largest absolute Gasteiger partial charge is 0.380 e. The van der Waals surface area contributed by atoms with Gasteiger partial charge in [0.2, 0.25) is 0 Å². The van der Waals surface area contributed by atoms with Crippen LogP contribution >= 0.6 is 11.6 Å². The van der Waals surface area contributed by atoms with E-state index in [1.807, 2.05) is 18.2 Å². The number of nitrogens with zero attached hydrogens (tertiary/aromatic N) is 3. The van der Waals surface area contributed by atoms with Gasteiger partial charge in [-0.05, 0) is 31.0 Å². The van der Waals surface area contributed by atoms with E-state index in [1.54, 1.807) is 11.0 Å². The summed E-state index contributed by atoms with van der Waals surface area (Å²) in [5.74, 6) is 1.52. The Balaban J connectivity index is 1.84. The zero-order valence-electron chi connectivity index (χ0n) is 10.8. The second-order valence-electron chi connectivity index (χ2n) is 4.77. The van der Waals surface area contributed by atoms with Gasteiger partial charge in [0, 0.05) is 33.4 Å². The van der Waals surface area contributed by atoms with Crippen molar-refractivity contribution in [3.05, 3.63) is 35.9 Å². The Bertz CT molecular complexity index is 607. The maximum absolute atomic E-state index is 11.4. The zero-order chi connectivity index (χ0) is 13.9. The lowest BCUT2D eigenvalue weighted by Gasteiger charge is -2.24. The number of aromatic nitrogens is 3. The van der Waals surface area contributed by atoms with Gasteiger partial charge in [-0.1, -0.05) is 11.6 Å². The summed E-state index contributed by atoms with van der Waals surface area (Å²) in [6, 6.07) is 5.97. The van der Waals surface area contributed by atoms with Crippen LogP contribution in [0.3, 0.4) is 0 Å². The summed E-state index contributed by atoms with van der Waals surface area (Å²) in [7, 11) is -0.652. The number of hydrogen-bond donors (Lipinski definition) is 1. The van der Waals surface area contributed by atoms with E-state index in [-0.39, 0.29) is 0 Å². The van der Waals surface area contributed by atoms with Crippen molar-refractivity contribution in [1.29, 1.82) is 0 Å². The topological polar surface area (TPSA) is 59.8 Å². The van der Waals surface area contributed by atoms with E-state index in [0.29, 0.717) is 11.1 Å². The summed E-state index contributed by atoms with van der Waals surface area (Å²) < 4.78 is 13.1. The lowest BCUT2D eigenvalue weighted by Crippen LogP contribution is -2.29. The van der Waals surface area contributed by atoms with E-state index in [1.165, 1.54) is 6.33 Å². The van der Waals surface area contributed by atoms with Crippen LogP contribution in [0.5, 0.6) is 0 Å². The molecule has 1 aliphatic heterocycles. The summed E-state index contributed by atoms with van der Waals surface area (Å²) in [6.45, 7) is 0. The molecular weight excluding hydrogens is 296 g/mol. The molecule has 20 heavy (non-hydrogen) atoms. The molecular formula is C13H15ClN4OS. The highest BCUT2D eigenvalue weighted by Crippen LogP contribution is 2.26. The van der Waals surface area contributed by atoms with Crippen molar-refractivity contribution >= 4 is 28.1 Å². The van der Waals surface area contributed by atoms with Crippen LogP contribution in [-0.4, -0.2) is 36.5 Å². The quantitative estimate of drug-likeness (QED) is 0.944. The van der Waals surface area contributed by atoms with Gasteiger partial charge in [-0.25, -0.2) is 9.67 Å². The molecule has 0 amide bonds. The molecule has 0 radical (unpaired) electrons. The highest BCUT2D eigenvalue weighted by molar-refractivity contribution is 7.85. The Morgan fingerprint density at radius 2 is 2.15 bits per heavy atom. The SMILES string of the molecule is O=S1CCC(Nc2cc(Cl)ccc2-n2cncn2)CC1. The lowest BCUT2D eigenvalue weighted by molar-refractivity contribution is 0.623. The summed E-state index contributed by atoms with van der Waals surface area (Å²) in [6.07, 6.45) is 4.98. The van der Waals surface area contributed by atoms with E-state index in [9.17, 15) is 4.21 Å². The van der Waals surface area contributed by atoms with Crippen molar-refractivity contribution in [2.75, 3.05) is 16.8 Å². The van der Waals surface area contributed by atoms with Crippen molar-refractivity contribution in [1.82, 2.24) is 14.8 Å². The Hall–Kier alpha value is -1.40. The van der Waals surface area contributed by atoms with Gasteiger partial charge >= 0.3 is 0 Å². The standard InChI is InChI=1S/C13H15ClN4OS/c14-10-1-2-13(18-9-15-8-16-18)12(7-10)17-11-3-5-20(19)6-4-11/h1-2,7-9,11,17H,3-6H2. The maximum Gasteiger partial charge on any atom is 0.138 e. The Morgan fingerprint density at radius 1 is 1.35 bits per heavy atom. The van der Waals surface area contributed by atoms with Gasteiger partial charge < -0.3 is 5.32 Å². The molecule has 5 nitrogen and oxygen atoms in total. The molecule has 0 aliphatic carbocycles. The number of nitrogens with one attached hydrogen (secondary N) is 1. The summed E-state index contributed by atoms with van der Waals surface area (Å²) in [5, 5.41) is 8.32.